The number of nitrogens with one attached hydrogen (secondary N) is 11. The molecule has 0 unspecified atom stereocenters. The quantitative estimate of drug-likeness (QED) is 0.00728. The molecule has 4 aromatic heterocycles. The number of aliphatic carboxylic acids is 5. The van der Waals surface area contributed by atoms with Crippen LogP contribution in [0.4, 0.5) is 16.4 Å². The molecule has 0 saturated heterocycles. The number of carbonyl (C=O) groups is 16. The molecule has 0 aliphatic carbocycles. The summed E-state index contributed by atoms with van der Waals surface area (Å²) in [5.41, 5.74) is 5.61. The zero-order valence-corrected chi connectivity index (χ0v) is 76.2. The van der Waals surface area contributed by atoms with Gasteiger partial charge in [0.2, 0.25) is 53.2 Å². The Labute approximate surface area is 801 Å². The number of hydrogen-bond donors (Lipinski definition) is 30. The minimum Gasteiger partial charge on any atom is -0.481 e. The van der Waals surface area contributed by atoms with Crippen molar-refractivity contribution in [2.75, 3.05) is 55.6 Å². The monoisotopic (exact) mass is 2030 g/mol. The number of aliphatic hydroxyl groups excluding tert-OH is 12. The van der Waals surface area contributed by atoms with Crippen molar-refractivity contribution in [3.05, 3.63) is 109 Å². The van der Waals surface area contributed by atoms with Gasteiger partial charge in [0.15, 0.2) is 16.8 Å². The fourth-order valence-corrected chi connectivity index (χ4v) is 16.5. The number of pyridine rings is 2. The summed E-state index contributed by atoms with van der Waals surface area (Å²) in [6, 6.07) is -11.3. The standard InChI is InChI=1S/C83H105N17O39S2/c1-3-37-38-23-36(9-10-42(38)88-57-39(37)30-100-48(57)24-41-40(77(100)129)31-138-80(134)83(41,136)4-2)139-82(135)137-21-22-140-141-32-47(79(132)133)93-75(127)61(66(119)52(108)16-20-104)97-71(123)46(27-56(114)115)92-74(126)60(65(118)51(107)15-19-103)96-70(122)45(26-55(112)113)91-73(125)59(64(117)50(106)14-18-102)95-69(121)44(25-54(110)111)90-72(124)58(63(116)49(105)13-17-101)94-53(109)12-11-43(78(130)131)89-68(120)33-5-7-34(8-6-33)85-28-35-29-86-67-62(87-35)76(128)99-81(84)98-67/h5-10,23-24,29,43-47,49-52,58-61,63-66,85,101-108,116-119,136H,3-4,11-22,25-28,30-32H2,1-2H3,(H,89,120)(H,90,124)(H,91,125)(H,92,126)(H,93,127)(H,94,109)(H,95,121)(H,96,122)(H,97,123)(H,110,111)(H,112,113)(H,114,115)(H,130,131)(H,132,133)(H3,84,86,98,99,128)/t43-,44-,45-,46-,47+,49+,50+,51+,52+,58-,59-,60-,61-,63-,64-,65-,66-,83-/m0/s1. The lowest BCUT2D eigenvalue weighted by Crippen LogP contribution is -2.65. The summed E-state index contributed by atoms with van der Waals surface area (Å²) in [6.45, 7) is -1.16. The van der Waals surface area contributed by atoms with Gasteiger partial charge >= 0.3 is 42.0 Å². The number of aliphatic hydroxyl groups is 13. The Morgan fingerprint density at radius 2 is 1.04 bits per heavy atom. The Morgan fingerprint density at radius 3 is 1.50 bits per heavy atom. The number of benzene rings is 2. The molecule has 31 N–H and O–H groups in total. The van der Waals surface area contributed by atoms with Crippen molar-refractivity contribution in [3.63, 3.8) is 0 Å². The Kier molecular flexibility index (Phi) is 41.3. The molecule has 9 amide bonds. The highest BCUT2D eigenvalue weighted by molar-refractivity contribution is 8.76. The lowest BCUT2D eigenvalue weighted by molar-refractivity contribution is -0.172. The van der Waals surface area contributed by atoms with E-state index < -0.39 is 305 Å². The third-order valence-electron chi connectivity index (χ3n) is 22.0. The number of nitrogen functional groups attached to an aromatic ring is 1. The van der Waals surface area contributed by atoms with E-state index in [1.54, 1.807) is 45.6 Å². The summed E-state index contributed by atoms with van der Waals surface area (Å²) in [5.74, 6) is -26.8. The number of carboxylic acid groups (broad SMARTS) is 5. The summed E-state index contributed by atoms with van der Waals surface area (Å²) in [5, 5.41) is 209. The number of anilines is 2. The third-order valence-corrected chi connectivity index (χ3v) is 24.4. The number of nitrogens with zero attached hydrogens (tertiary/aromatic N) is 5. The SMILES string of the molecule is CCc1c2c(nc3ccc(OC(=O)OCCSSC[C@@H](NC(=O)[C@@H](NC(=O)[C@H](CC(=O)O)NC(=O)[C@@H](NC(=O)[C@H](CC(=O)O)NC(=O)[C@@H](NC(=O)[C@H](CC(=O)O)NC(=O)[C@@H](NC(=O)CC[C@H](NC(=O)c4ccc(NCc5cnc6nc(N)[nH]c(=O)c6n5)cc4)C(=O)O)[C@@H](O)[C@H](O)CCO)[C@@H](O)[C@H](O)CCO)[C@@H](O)[C@H](O)CCO)[C@@H](O)[C@H](O)CCO)C(=O)O)cc13)-c1cc3c(c(=O)n1C2)COC(=O)[C@]3(O)CC. The average molecular weight is 2030 g/mol. The van der Waals surface area contributed by atoms with Gasteiger partial charge in [0.25, 0.3) is 17.0 Å². The summed E-state index contributed by atoms with van der Waals surface area (Å²) in [4.78, 5) is 261. The zero-order valence-electron chi connectivity index (χ0n) is 74.6. The van der Waals surface area contributed by atoms with Crippen LogP contribution in [0.25, 0.3) is 33.5 Å². The van der Waals surface area contributed by atoms with Gasteiger partial charge in [-0.1, -0.05) is 35.4 Å². The minimum atomic E-state index is -2.85. The Balaban J connectivity index is 0.911. The number of amides is 9. The molecule has 58 heteroatoms. The summed E-state index contributed by atoms with van der Waals surface area (Å²) in [7, 11) is 1.62. The van der Waals surface area contributed by atoms with Crippen molar-refractivity contribution in [3.8, 4) is 17.1 Å². The zero-order chi connectivity index (χ0) is 104. The number of ether oxygens (including phenoxy) is 3. The second-order valence-electron chi connectivity index (χ2n) is 31.8. The maximum Gasteiger partial charge on any atom is 0.513 e. The molecule has 768 valence electrons. The second-order valence-corrected chi connectivity index (χ2v) is 34.5. The van der Waals surface area contributed by atoms with Crippen molar-refractivity contribution in [1.29, 1.82) is 0 Å². The summed E-state index contributed by atoms with van der Waals surface area (Å²) < 4.78 is 17.3. The molecular formula is C83H105N17O39S2. The van der Waals surface area contributed by atoms with E-state index >= 15 is 0 Å². The fraction of sp³-hybridized carbons (Fsp3) is 0.494. The molecule has 2 aliphatic heterocycles. The van der Waals surface area contributed by atoms with E-state index in [2.05, 4.69) is 30.6 Å². The Morgan fingerprint density at radius 1 is 0.560 bits per heavy atom. The van der Waals surface area contributed by atoms with E-state index in [0.717, 1.165) is 27.2 Å². The van der Waals surface area contributed by atoms with Gasteiger partial charge in [0.1, 0.15) is 97.8 Å². The summed E-state index contributed by atoms with van der Waals surface area (Å²) >= 11 is 0. The van der Waals surface area contributed by atoms with E-state index in [1.807, 2.05) is 22.9 Å². The van der Waals surface area contributed by atoms with Gasteiger partial charge in [0.05, 0.1) is 91.1 Å². The second kappa shape index (κ2) is 51.9. The van der Waals surface area contributed by atoms with Crippen LogP contribution in [0.1, 0.15) is 116 Å². The first kappa shape index (κ1) is 112. The van der Waals surface area contributed by atoms with Gasteiger partial charge < -0.3 is 170 Å². The maximum absolute atomic E-state index is 14.5. The maximum atomic E-state index is 14.5. The number of aromatic nitrogens is 6. The van der Waals surface area contributed by atoms with Crippen LogP contribution in [0, 0.1) is 0 Å². The largest absolute Gasteiger partial charge is 0.513 e. The van der Waals surface area contributed by atoms with Gasteiger partial charge in [-0.2, -0.15) is 4.98 Å². The van der Waals surface area contributed by atoms with Crippen molar-refractivity contribution >= 4 is 150 Å². The number of aryl methyl sites for hydroxylation is 1. The van der Waals surface area contributed by atoms with Crippen LogP contribution in [0.5, 0.6) is 5.75 Å². The molecule has 18 atom stereocenters. The number of rotatable bonds is 56. The van der Waals surface area contributed by atoms with E-state index in [0.29, 0.717) is 40.0 Å². The first-order valence-corrected chi connectivity index (χ1v) is 45.5. The molecule has 56 nitrogen and oxygen atoms in total. The number of carbonyl (C=O) groups excluding carboxylic acids is 11. The minimum absolute atomic E-state index is 0.00306. The summed E-state index contributed by atoms with van der Waals surface area (Å²) in [6.07, 6.45) is -29.3. The molecule has 2 aliphatic rings. The van der Waals surface area contributed by atoms with Crippen molar-refractivity contribution in [1.82, 2.24) is 77.3 Å². The van der Waals surface area contributed by atoms with Gasteiger partial charge in [-0.3, -0.25) is 72.1 Å². The molecule has 0 fully saturated rings. The Bertz CT molecular complexity index is 5740. The highest BCUT2D eigenvalue weighted by atomic mass is 33.1. The van der Waals surface area contributed by atoms with Crippen LogP contribution in [-0.4, -0.2) is 364 Å². The molecule has 141 heavy (non-hydrogen) atoms. The number of fused-ring (bicyclic) bond motifs is 6. The Hall–Kier alpha value is -13.9. The first-order valence-electron chi connectivity index (χ1n) is 43.0. The number of carboxylic acids is 5. The van der Waals surface area contributed by atoms with Crippen molar-refractivity contribution in [2.45, 2.75) is 213 Å². The van der Waals surface area contributed by atoms with Crippen molar-refractivity contribution in [2.24, 2.45) is 0 Å². The number of aromatic amines is 1. The van der Waals surface area contributed by atoms with Crippen LogP contribution >= 0.6 is 21.6 Å². The first-order chi connectivity index (χ1) is 66.7. The molecular weight excluding hydrogens is 1920 g/mol. The fourth-order valence-electron chi connectivity index (χ4n) is 14.5. The van der Waals surface area contributed by atoms with E-state index in [9.17, 15) is 178 Å². The van der Waals surface area contributed by atoms with Gasteiger partial charge in [-0.15, -0.1) is 0 Å². The van der Waals surface area contributed by atoms with Crippen LogP contribution in [-0.2, 0) is 108 Å². The lowest BCUT2D eigenvalue weighted by Gasteiger charge is -2.32. The van der Waals surface area contributed by atoms with Gasteiger partial charge in [0, 0.05) is 72.1 Å². The average Bonchev–Trinajstić information content (AvgIpc) is 1.58. The molecule has 0 bridgehead atoms. The van der Waals surface area contributed by atoms with E-state index in [1.165, 1.54) is 47.2 Å². The highest BCUT2D eigenvalue weighted by Gasteiger charge is 2.48. The molecule has 0 radical (unpaired) electrons. The third kappa shape index (κ3) is 29.9. The van der Waals surface area contributed by atoms with Crippen molar-refractivity contribution < 1.29 is 183 Å². The topological polar surface area (TPSA) is 918 Å². The molecule has 8 rings (SSSR count). The predicted molar refractivity (Wildman–Crippen MR) is 480 cm³/mol. The molecule has 2 aromatic carbocycles. The van der Waals surface area contributed by atoms with E-state index in [-0.39, 0.29) is 83.7 Å². The highest BCUT2D eigenvalue weighted by Crippen LogP contribution is 2.41. The molecule has 6 aromatic rings. The van der Waals surface area contributed by atoms with Crippen LogP contribution in [0.2, 0.25) is 0 Å². The predicted octanol–water partition coefficient (Wildman–Crippen LogP) is -9.77. The number of esters is 1. The van der Waals surface area contributed by atoms with Crippen LogP contribution in [0.3, 0.4) is 0 Å². The number of hydrogen-bond acceptors (Lipinski definition) is 42. The van der Waals surface area contributed by atoms with Crippen LogP contribution < -0.4 is 74.8 Å². The number of cyclic esters (lactones) is 1. The van der Waals surface area contributed by atoms with E-state index in [4.69, 9.17) is 24.9 Å². The van der Waals surface area contributed by atoms with Gasteiger partial charge in [-0.25, -0.2) is 34.1 Å². The van der Waals surface area contributed by atoms with Gasteiger partial charge in [-0.05, 0) is 99.0 Å². The molecule has 6 heterocycles. The number of H-pyrrole nitrogens is 1. The number of nitrogens with two attached hydrogens (primary N) is 1. The smallest absolute Gasteiger partial charge is 0.481 e. The van der Waals surface area contributed by atoms with Crippen LogP contribution in [0.15, 0.2) is 64.3 Å². The lowest BCUT2D eigenvalue weighted by atomic mass is 9.86. The molecule has 0 spiro atoms. The normalized spacial score (nSPS) is 16.7. The molecule has 0 saturated carbocycles.